The highest BCUT2D eigenvalue weighted by Crippen LogP contribution is 2.33. The average Bonchev–Trinajstić information content (AvgIpc) is 2.74. The van der Waals surface area contributed by atoms with E-state index >= 15 is 0 Å². The van der Waals surface area contributed by atoms with Gasteiger partial charge in [-0.25, -0.2) is 4.79 Å². The van der Waals surface area contributed by atoms with Crippen LogP contribution in [0.4, 0.5) is 0 Å². The summed E-state index contributed by atoms with van der Waals surface area (Å²) < 4.78 is 35.6. The Labute approximate surface area is 228 Å². The molecule has 0 unspecified atom stereocenters. The van der Waals surface area contributed by atoms with E-state index in [9.17, 15) is 14.4 Å². The fourth-order valence-electron chi connectivity index (χ4n) is 3.79. The molecule has 0 amide bonds. The van der Waals surface area contributed by atoms with Gasteiger partial charge in [0.05, 0.1) is 20.8 Å². The van der Waals surface area contributed by atoms with Crippen LogP contribution in [0.15, 0.2) is 12.2 Å². The Balaban J connectivity index is 5.87. The van der Waals surface area contributed by atoms with Gasteiger partial charge in [-0.2, -0.15) is 0 Å². The number of allylic oxidation sites excluding steroid dienone is 1. The molecule has 0 N–H and O–H groups in total. The van der Waals surface area contributed by atoms with Gasteiger partial charge in [0.15, 0.2) is 25.0 Å². The normalized spacial score (nSPS) is 13.0. The number of esters is 3. The van der Waals surface area contributed by atoms with E-state index in [0.717, 1.165) is 12.1 Å². The molecule has 216 valence electrons. The summed E-state index contributed by atoms with van der Waals surface area (Å²) in [6.07, 6.45) is 5.62. The first-order valence-electron chi connectivity index (χ1n) is 13.0. The topological polar surface area (TPSA) is 107 Å². The van der Waals surface area contributed by atoms with E-state index in [1.165, 1.54) is 20.3 Å². The largest absolute Gasteiger partial charge is 0.469 e. The van der Waals surface area contributed by atoms with Gasteiger partial charge in [-0.15, -0.1) is 0 Å². The van der Waals surface area contributed by atoms with Gasteiger partial charge in [-0.1, -0.05) is 6.08 Å². The molecule has 0 saturated carbocycles. The van der Waals surface area contributed by atoms with Crippen molar-refractivity contribution < 1.29 is 40.9 Å². The Morgan fingerprint density at radius 3 is 1.51 bits per heavy atom. The maximum absolute atomic E-state index is 11.8. The Kier molecular flexibility index (Phi) is 16.3. The Hall–Kier alpha value is -1.10. The molecule has 0 fully saturated rings. The summed E-state index contributed by atoms with van der Waals surface area (Å²) in [6.45, 7) is 16.9. The molecule has 0 heterocycles. The Bertz CT molecular complexity index is 713. The lowest BCUT2D eigenvalue weighted by Crippen LogP contribution is -2.61. The highest BCUT2D eigenvalue weighted by Gasteiger charge is 2.51. The first-order chi connectivity index (χ1) is 17.0. The summed E-state index contributed by atoms with van der Waals surface area (Å²) in [7, 11) is -7.16. The lowest BCUT2D eigenvalue weighted by molar-refractivity contribution is -0.141. The van der Waals surface area contributed by atoms with Crippen molar-refractivity contribution in [1.29, 1.82) is 0 Å². The molecule has 0 aromatic carbocycles. The van der Waals surface area contributed by atoms with E-state index in [-0.39, 0.29) is 24.5 Å². The van der Waals surface area contributed by atoms with Crippen LogP contribution in [-0.2, 0) is 40.9 Å². The van der Waals surface area contributed by atoms with E-state index in [1.54, 1.807) is 13.0 Å². The number of carbonyl (C=O) groups excluding carboxylic acids is 3. The third kappa shape index (κ3) is 17.9. The predicted molar refractivity (Wildman–Crippen MR) is 155 cm³/mol. The third-order valence-electron chi connectivity index (χ3n) is 5.27. The van der Waals surface area contributed by atoms with Crippen molar-refractivity contribution in [2.75, 3.05) is 20.8 Å². The van der Waals surface area contributed by atoms with Crippen molar-refractivity contribution in [3.05, 3.63) is 12.2 Å². The van der Waals surface area contributed by atoms with Crippen LogP contribution < -0.4 is 0 Å². The van der Waals surface area contributed by atoms with Crippen LogP contribution >= 0.6 is 0 Å². The van der Waals surface area contributed by atoms with Crippen LogP contribution in [-0.4, -0.2) is 72.5 Å². The zero-order chi connectivity index (χ0) is 28.8. The summed E-state index contributed by atoms with van der Waals surface area (Å²) in [4.78, 5) is 35.1. The van der Waals surface area contributed by atoms with Gasteiger partial charge < -0.3 is 26.6 Å². The summed E-state index contributed by atoms with van der Waals surface area (Å²) in [5.41, 5.74) is 0. The van der Waals surface area contributed by atoms with Crippen molar-refractivity contribution in [2.24, 2.45) is 0 Å². The van der Waals surface area contributed by atoms with Crippen molar-refractivity contribution >= 4 is 51.7 Å². The smallest absolute Gasteiger partial charge is 0.469 e. The second-order valence-corrected chi connectivity index (χ2v) is 27.8. The van der Waals surface area contributed by atoms with Crippen LogP contribution in [0.2, 0.25) is 64.0 Å². The molecule has 0 aliphatic carbocycles. The van der Waals surface area contributed by atoms with Crippen LogP contribution in [0.1, 0.15) is 39.0 Å². The monoisotopic (exact) mass is 594 g/mol. The minimum absolute atomic E-state index is 0.231. The number of carbonyl (C=O) groups is 3. The van der Waals surface area contributed by atoms with Crippen molar-refractivity contribution in [3.63, 3.8) is 0 Å². The van der Waals surface area contributed by atoms with Crippen molar-refractivity contribution in [3.8, 4) is 0 Å². The van der Waals surface area contributed by atoms with E-state index in [4.69, 9.17) is 26.6 Å². The Morgan fingerprint density at radius 2 is 1.14 bits per heavy atom. The van der Waals surface area contributed by atoms with Gasteiger partial charge in [0.2, 0.25) is 0 Å². The molecule has 0 bridgehead atoms. The summed E-state index contributed by atoms with van der Waals surface area (Å²) in [5, 5.41) is 0. The number of methoxy groups -OCH3 is 2. The molecule has 0 aromatic heterocycles. The highest BCUT2D eigenvalue weighted by molar-refractivity contribution is 6.90. The molecule has 0 spiro atoms. The van der Waals surface area contributed by atoms with Gasteiger partial charge >= 0.3 is 26.7 Å². The second-order valence-electron chi connectivity index (χ2n) is 11.3. The second kappa shape index (κ2) is 16.8. The minimum Gasteiger partial charge on any atom is -0.469 e. The van der Waals surface area contributed by atoms with Crippen LogP contribution in [0.3, 0.4) is 0 Å². The summed E-state index contributed by atoms with van der Waals surface area (Å²) in [6, 6.07) is 2.05. The van der Waals surface area contributed by atoms with Crippen LogP contribution in [0.25, 0.3) is 0 Å². The van der Waals surface area contributed by atoms with Crippen LogP contribution in [0, 0.1) is 0 Å². The average molecular weight is 595 g/mol. The fourth-order valence-corrected chi connectivity index (χ4v) is 20.6. The third-order valence-corrected chi connectivity index (χ3v) is 20.0. The number of hydrogen-bond acceptors (Lipinski definition) is 9. The number of hydrogen-bond donors (Lipinski definition) is 0. The lowest BCUT2D eigenvalue weighted by Gasteiger charge is -2.44. The van der Waals surface area contributed by atoms with Crippen LogP contribution in [0.5, 0.6) is 0 Å². The molecule has 0 aliphatic rings. The van der Waals surface area contributed by atoms with Crippen molar-refractivity contribution in [1.82, 2.24) is 0 Å². The summed E-state index contributed by atoms with van der Waals surface area (Å²) >= 11 is 0. The number of ether oxygens (including phenoxy) is 3. The summed E-state index contributed by atoms with van der Waals surface area (Å²) in [5.74, 6) is -0.840. The van der Waals surface area contributed by atoms with E-state index < -0.39 is 33.8 Å². The van der Waals surface area contributed by atoms with Gasteiger partial charge in [0, 0.05) is 25.0 Å². The molecule has 0 radical (unpaired) electrons. The molecular formula is C24H50O9Si4. The maximum Gasteiger partial charge on any atom is 0.469 e. The molecule has 0 saturated heterocycles. The molecule has 0 aliphatic heterocycles. The van der Waals surface area contributed by atoms with Gasteiger partial charge in [0.1, 0.15) is 0 Å². The van der Waals surface area contributed by atoms with Gasteiger partial charge in [0.25, 0.3) is 0 Å². The molecular weight excluding hydrogens is 545 g/mol. The zero-order valence-corrected chi connectivity index (χ0v) is 28.7. The van der Waals surface area contributed by atoms with E-state index in [0.29, 0.717) is 38.1 Å². The van der Waals surface area contributed by atoms with E-state index in [2.05, 4.69) is 45.8 Å². The quantitative estimate of drug-likeness (QED) is 0.0618. The molecule has 0 atom stereocenters. The SMILES string of the molecule is CC=CC(=O)OCCC[Si](O[Si](C)(C)C)(O[Si](C)(C)CCCC(=O)OC)O[Si](C)(C)CCCC(=O)OC. The fraction of sp³-hybridized carbons (Fsp3) is 0.792. The zero-order valence-electron chi connectivity index (χ0n) is 24.7. The predicted octanol–water partition coefficient (Wildman–Crippen LogP) is 5.64. The van der Waals surface area contributed by atoms with Gasteiger partial charge in [-0.05, 0) is 84.1 Å². The van der Waals surface area contributed by atoms with Gasteiger partial charge in [-0.3, -0.25) is 9.59 Å². The molecule has 0 rings (SSSR count). The number of rotatable bonds is 19. The maximum atomic E-state index is 11.8. The molecule has 13 heteroatoms. The lowest BCUT2D eigenvalue weighted by atomic mass is 10.3. The molecule has 9 nitrogen and oxygen atoms in total. The first-order valence-corrected chi connectivity index (χ1v) is 24.6. The minimum atomic E-state index is -3.22. The molecule has 37 heavy (non-hydrogen) atoms. The first kappa shape index (κ1) is 35.9. The Morgan fingerprint density at radius 1 is 0.676 bits per heavy atom. The highest BCUT2D eigenvalue weighted by atomic mass is 28.5. The van der Waals surface area contributed by atoms with E-state index in [1.807, 2.05) is 0 Å². The standard InChI is InChI=1S/C24H50O9Si4/c1-11-15-24(27)30-18-14-21-37(31-34(4,5)6,32-35(7,8)19-12-16-22(25)28-2)33-36(9,10)20-13-17-23(26)29-3/h11,15H,12-14,16-21H2,1-10H3. The van der Waals surface area contributed by atoms with Crippen molar-refractivity contribution in [2.45, 2.75) is 103 Å². The molecule has 0 aromatic rings.